The van der Waals surface area contributed by atoms with Crippen LogP contribution in [0.4, 0.5) is 0 Å². The zero-order valence-corrected chi connectivity index (χ0v) is 8.22. The van der Waals surface area contributed by atoms with Crippen LogP contribution in [-0.2, 0) is 4.79 Å². The lowest BCUT2D eigenvalue weighted by Crippen LogP contribution is -2.30. The Morgan fingerprint density at radius 1 is 1.71 bits per heavy atom. The minimum Gasteiger partial charge on any atom is -0.361 e. The molecule has 4 nitrogen and oxygen atoms in total. The summed E-state index contributed by atoms with van der Waals surface area (Å²) in [5.41, 5.74) is 8.15. The van der Waals surface area contributed by atoms with Crippen LogP contribution >= 0.6 is 0 Å². The Bertz CT molecular complexity index is 269. The Labute approximate surface area is 83.8 Å². The molecule has 0 saturated carbocycles. The van der Waals surface area contributed by atoms with Gasteiger partial charge in [0.2, 0.25) is 5.78 Å². The number of rotatable bonds is 5. The predicted molar refractivity (Wildman–Crippen MR) is 54.1 cm³/mol. The van der Waals surface area contributed by atoms with Crippen molar-refractivity contribution in [1.29, 1.82) is 0 Å². The minimum atomic E-state index is -0.137. The summed E-state index contributed by atoms with van der Waals surface area (Å²) in [4.78, 5) is 16.0. The number of carbonyl (C=O) groups is 1. The summed E-state index contributed by atoms with van der Waals surface area (Å²) in [5, 5.41) is 0. The second-order valence-electron chi connectivity index (χ2n) is 3.44. The van der Waals surface area contributed by atoms with Crippen LogP contribution in [-0.4, -0.2) is 40.8 Å². The fourth-order valence-electron chi connectivity index (χ4n) is 1.78. The van der Waals surface area contributed by atoms with Gasteiger partial charge >= 0.3 is 6.21 Å². The van der Waals surface area contributed by atoms with E-state index in [1.54, 1.807) is 0 Å². The predicted octanol–water partition coefficient (Wildman–Crippen LogP) is 0.897. The number of Topliss-reactive ketones (excluding diaryl/α,β-unsaturated/α-hetero) is 1. The zero-order valence-electron chi connectivity index (χ0n) is 8.22. The van der Waals surface area contributed by atoms with Crippen LogP contribution < -0.4 is 0 Å². The molecular formula is C10H15N3O. The third-order valence-corrected chi connectivity index (χ3v) is 2.53. The Morgan fingerprint density at radius 2 is 2.50 bits per heavy atom. The average molecular weight is 193 g/mol. The van der Waals surface area contributed by atoms with Gasteiger partial charge in [-0.25, -0.2) is 0 Å². The number of hydrogen-bond acceptors (Lipinski definition) is 2. The first kappa shape index (κ1) is 10.8. The summed E-state index contributed by atoms with van der Waals surface area (Å²) >= 11 is 0. The van der Waals surface area contributed by atoms with E-state index >= 15 is 0 Å². The van der Waals surface area contributed by atoms with Crippen LogP contribution in [0.3, 0.4) is 0 Å². The SMILES string of the molecule is C=C[C@@H]1CCCN1CCC(=O)C=[N+]=[N-]. The molecule has 0 N–H and O–H groups in total. The van der Waals surface area contributed by atoms with Crippen LogP contribution in [0.5, 0.6) is 0 Å². The fraction of sp³-hybridized carbons (Fsp3) is 0.600. The maximum absolute atomic E-state index is 11.0. The van der Waals surface area contributed by atoms with Gasteiger partial charge in [0.05, 0.1) is 0 Å². The van der Waals surface area contributed by atoms with E-state index in [-0.39, 0.29) is 5.78 Å². The summed E-state index contributed by atoms with van der Waals surface area (Å²) in [7, 11) is 0. The third-order valence-electron chi connectivity index (χ3n) is 2.53. The second-order valence-corrected chi connectivity index (χ2v) is 3.44. The maximum atomic E-state index is 11.0. The molecule has 76 valence electrons. The zero-order chi connectivity index (χ0) is 10.4. The van der Waals surface area contributed by atoms with Crippen LogP contribution in [0, 0.1) is 0 Å². The number of ketones is 1. The van der Waals surface area contributed by atoms with Crippen molar-refractivity contribution in [3.63, 3.8) is 0 Å². The van der Waals surface area contributed by atoms with Gasteiger partial charge in [-0.15, -0.1) is 6.58 Å². The molecule has 1 heterocycles. The van der Waals surface area contributed by atoms with Gasteiger partial charge < -0.3 is 5.53 Å². The van der Waals surface area contributed by atoms with E-state index in [2.05, 4.69) is 16.3 Å². The van der Waals surface area contributed by atoms with Crippen LogP contribution in [0.25, 0.3) is 5.53 Å². The molecule has 14 heavy (non-hydrogen) atoms. The quantitative estimate of drug-likeness (QED) is 0.282. The number of carbonyl (C=O) groups excluding carboxylic acids is 1. The monoisotopic (exact) mass is 193 g/mol. The van der Waals surface area contributed by atoms with Crippen molar-refractivity contribution < 1.29 is 9.58 Å². The normalized spacial score (nSPS) is 21.6. The first-order valence-electron chi connectivity index (χ1n) is 4.85. The Hall–Kier alpha value is -1.25. The molecule has 1 saturated heterocycles. The highest BCUT2D eigenvalue weighted by molar-refractivity contribution is 6.25. The minimum absolute atomic E-state index is 0.137. The molecule has 0 bridgehead atoms. The van der Waals surface area contributed by atoms with Crippen LogP contribution in [0.1, 0.15) is 19.3 Å². The van der Waals surface area contributed by atoms with E-state index in [9.17, 15) is 4.79 Å². The molecule has 1 fully saturated rings. The first-order chi connectivity index (χ1) is 6.77. The Morgan fingerprint density at radius 3 is 3.14 bits per heavy atom. The summed E-state index contributed by atoms with van der Waals surface area (Å²) < 4.78 is 0. The molecule has 0 amide bonds. The molecule has 0 unspecified atom stereocenters. The van der Waals surface area contributed by atoms with Crippen molar-refractivity contribution in [2.45, 2.75) is 25.3 Å². The molecule has 0 aromatic rings. The van der Waals surface area contributed by atoms with Crippen molar-refractivity contribution in [2.24, 2.45) is 0 Å². The van der Waals surface area contributed by atoms with Gasteiger partial charge in [0.25, 0.3) is 0 Å². The number of nitrogens with zero attached hydrogens (tertiary/aromatic N) is 3. The highest BCUT2D eigenvalue weighted by atomic mass is 16.1. The van der Waals surface area contributed by atoms with Crippen molar-refractivity contribution in [1.82, 2.24) is 4.90 Å². The lowest BCUT2D eigenvalue weighted by atomic mass is 10.2. The summed E-state index contributed by atoms with van der Waals surface area (Å²) in [6.07, 6.45) is 5.59. The van der Waals surface area contributed by atoms with E-state index < -0.39 is 0 Å². The molecule has 1 aliphatic heterocycles. The van der Waals surface area contributed by atoms with Gasteiger partial charge in [0.15, 0.2) is 0 Å². The maximum Gasteiger partial charge on any atom is 0.323 e. The van der Waals surface area contributed by atoms with Crippen LogP contribution in [0.2, 0.25) is 0 Å². The Balaban J connectivity index is 2.33. The molecule has 0 aromatic heterocycles. The molecule has 0 spiro atoms. The van der Waals surface area contributed by atoms with Gasteiger partial charge in [-0.2, -0.15) is 4.79 Å². The number of hydrogen-bond donors (Lipinski definition) is 0. The van der Waals surface area contributed by atoms with Crippen molar-refractivity contribution in [2.75, 3.05) is 13.1 Å². The molecule has 1 aliphatic rings. The highest BCUT2D eigenvalue weighted by Gasteiger charge is 2.21. The smallest absolute Gasteiger partial charge is 0.323 e. The van der Waals surface area contributed by atoms with Gasteiger partial charge in [-0.05, 0) is 19.4 Å². The Kier molecular flexibility index (Phi) is 4.23. The standard InChI is InChI=1S/C10H15N3O/c1-2-9-4-3-6-13(9)7-5-10(14)8-12-11/h2,8-9H,1,3-7H2/t9-/m1/s1. The summed E-state index contributed by atoms with van der Waals surface area (Å²) in [5.74, 6) is -0.137. The molecule has 0 aliphatic carbocycles. The average Bonchev–Trinajstić information content (AvgIpc) is 2.62. The van der Waals surface area contributed by atoms with E-state index in [1.807, 2.05) is 6.08 Å². The molecular weight excluding hydrogens is 178 g/mol. The lowest BCUT2D eigenvalue weighted by molar-refractivity contribution is -0.116. The molecule has 4 heteroatoms. The van der Waals surface area contributed by atoms with Gasteiger partial charge in [0, 0.05) is 19.0 Å². The third kappa shape index (κ3) is 2.91. The van der Waals surface area contributed by atoms with Gasteiger partial charge in [-0.3, -0.25) is 9.69 Å². The second kappa shape index (κ2) is 5.47. The molecule has 1 atom stereocenters. The summed E-state index contributed by atoms with van der Waals surface area (Å²) in [6.45, 7) is 5.52. The topological polar surface area (TPSA) is 56.7 Å². The van der Waals surface area contributed by atoms with E-state index in [1.165, 1.54) is 6.42 Å². The van der Waals surface area contributed by atoms with Gasteiger partial charge in [-0.1, -0.05) is 6.08 Å². The fourth-order valence-corrected chi connectivity index (χ4v) is 1.78. The summed E-state index contributed by atoms with van der Waals surface area (Å²) in [6, 6.07) is 0.411. The molecule has 0 aromatic carbocycles. The van der Waals surface area contributed by atoms with Crippen molar-refractivity contribution >= 4 is 12.0 Å². The number of likely N-dealkylation sites (tertiary alicyclic amines) is 1. The van der Waals surface area contributed by atoms with E-state index in [0.717, 1.165) is 25.7 Å². The van der Waals surface area contributed by atoms with Crippen LogP contribution in [0.15, 0.2) is 12.7 Å². The van der Waals surface area contributed by atoms with E-state index in [4.69, 9.17) is 5.53 Å². The van der Waals surface area contributed by atoms with Crippen molar-refractivity contribution in [3.8, 4) is 0 Å². The van der Waals surface area contributed by atoms with Crippen molar-refractivity contribution in [3.05, 3.63) is 18.2 Å². The lowest BCUT2D eigenvalue weighted by Gasteiger charge is -2.20. The highest BCUT2D eigenvalue weighted by Crippen LogP contribution is 2.17. The van der Waals surface area contributed by atoms with E-state index in [0.29, 0.717) is 12.5 Å². The molecule has 0 radical (unpaired) electrons. The molecule has 1 rings (SSSR count). The van der Waals surface area contributed by atoms with Gasteiger partial charge in [0.1, 0.15) is 0 Å². The first-order valence-corrected chi connectivity index (χ1v) is 4.85. The largest absolute Gasteiger partial charge is 0.361 e.